The van der Waals surface area contributed by atoms with Gasteiger partial charge in [0.15, 0.2) is 5.17 Å². The molecule has 3 nitrogen and oxygen atoms in total. The van der Waals surface area contributed by atoms with Gasteiger partial charge in [0, 0.05) is 12.5 Å². The van der Waals surface area contributed by atoms with Crippen molar-refractivity contribution in [3.05, 3.63) is 29.3 Å². The van der Waals surface area contributed by atoms with Crippen molar-refractivity contribution in [2.45, 2.75) is 19.0 Å². The van der Waals surface area contributed by atoms with E-state index in [9.17, 15) is 26.7 Å². The molecule has 0 unspecified atom stereocenters. The number of alkyl halides is 5. The van der Waals surface area contributed by atoms with Crippen LogP contribution in [0.25, 0.3) is 0 Å². The smallest absolute Gasteiger partial charge is 0.278 e. The number of hydrogen-bond acceptors (Lipinski definition) is 3. The summed E-state index contributed by atoms with van der Waals surface area (Å²) >= 11 is 0.746. The predicted molar refractivity (Wildman–Crippen MR) is 68.7 cm³/mol. The van der Waals surface area contributed by atoms with Crippen molar-refractivity contribution < 1.29 is 26.7 Å². The SMILES string of the molecule is CC(F)(F)c1ccc(C(F)(F)F)c(N2C(=N)SCC2=O)c1. The van der Waals surface area contributed by atoms with Crippen molar-refractivity contribution in [1.82, 2.24) is 0 Å². The molecule has 1 saturated heterocycles. The minimum absolute atomic E-state index is 0.192. The van der Waals surface area contributed by atoms with Gasteiger partial charge in [-0.1, -0.05) is 17.8 Å². The van der Waals surface area contributed by atoms with Gasteiger partial charge in [-0.2, -0.15) is 13.2 Å². The zero-order chi connectivity index (χ0) is 16.0. The van der Waals surface area contributed by atoms with Crippen LogP contribution in [0.5, 0.6) is 0 Å². The van der Waals surface area contributed by atoms with Gasteiger partial charge < -0.3 is 0 Å². The molecule has 1 fully saturated rings. The standard InChI is InChI=1S/C12H9F5N2OS/c1-11(13,14)6-2-3-7(12(15,16)17)8(4-6)19-9(20)5-21-10(19)18/h2-4,18H,5H2,1H3. The molecule has 1 aromatic rings. The molecule has 0 aliphatic carbocycles. The first-order valence-electron chi connectivity index (χ1n) is 5.65. The number of anilines is 1. The Morgan fingerprint density at radius 2 is 1.86 bits per heavy atom. The lowest BCUT2D eigenvalue weighted by Gasteiger charge is -2.22. The summed E-state index contributed by atoms with van der Waals surface area (Å²) in [6.45, 7) is 0.547. The average molecular weight is 324 g/mol. The average Bonchev–Trinajstić information content (AvgIpc) is 2.66. The lowest BCUT2D eigenvalue weighted by Crippen LogP contribution is -2.31. The molecule has 0 spiro atoms. The molecule has 0 atom stereocenters. The molecule has 1 aliphatic rings. The number of halogens is 5. The summed E-state index contributed by atoms with van der Waals surface area (Å²) in [7, 11) is 0. The molecular weight excluding hydrogens is 315 g/mol. The number of amidine groups is 1. The Morgan fingerprint density at radius 3 is 2.29 bits per heavy atom. The molecule has 2 rings (SSSR count). The summed E-state index contributed by atoms with van der Waals surface area (Å²) in [6.07, 6.45) is -4.81. The van der Waals surface area contributed by atoms with Crippen LogP contribution in [0.15, 0.2) is 18.2 Å². The summed E-state index contributed by atoms with van der Waals surface area (Å²) in [6, 6.07) is 1.79. The van der Waals surface area contributed by atoms with E-state index in [1.54, 1.807) is 0 Å². The van der Waals surface area contributed by atoms with Gasteiger partial charge in [0.05, 0.1) is 17.0 Å². The second-order valence-electron chi connectivity index (χ2n) is 4.44. The second-order valence-corrected chi connectivity index (χ2v) is 5.41. The van der Waals surface area contributed by atoms with Gasteiger partial charge in [0.2, 0.25) is 5.91 Å². The van der Waals surface area contributed by atoms with Gasteiger partial charge in [-0.3, -0.25) is 15.1 Å². The van der Waals surface area contributed by atoms with Crippen molar-refractivity contribution in [3.63, 3.8) is 0 Å². The molecule has 21 heavy (non-hydrogen) atoms. The molecule has 0 bridgehead atoms. The number of benzene rings is 1. The van der Waals surface area contributed by atoms with E-state index in [1.807, 2.05) is 0 Å². The van der Waals surface area contributed by atoms with Gasteiger partial charge in [-0.15, -0.1) is 0 Å². The van der Waals surface area contributed by atoms with E-state index in [0.29, 0.717) is 30.0 Å². The quantitative estimate of drug-likeness (QED) is 0.840. The predicted octanol–water partition coefficient (Wildman–Crippen LogP) is 3.83. The van der Waals surface area contributed by atoms with Crippen LogP contribution in [0.3, 0.4) is 0 Å². The number of thioether (sulfide) groups is 1. The van der Waals surface area contributed by atoms with E-state index in [4.69, 9.17) is 5.41 Å². The zero-order valence-electron chi connectivity index (χ0n) is 10.6. The van der Waals surface area contributed by atoms with Crippen LogP contribution in [0.2, 0.25) is 0 Å². The van der Waals surface area contributed by atoms with Gasteiger partial charge in [-0.25, -0.2) is 8.78 Å². The third-order valence-electron chi connectivity index (χ3n) is 2.84. The van der Waals surface area contributed by atoms with Crippen LogP contribution in [0.1, 0.15) is 18.1 Å². The minimum atomic E-state index is -4.81. The monoisotopic (exact) mass is 324 g/mol. The first-order valence-corrected chi connectivity index (χ1v) is 6.64. The van der Waals surface area contributed by atoms with Crippen LogP contribution in [-0.2, 0) is 16.9 Å². The van der Waals surface area contributed by atoms with Crippen molar-refractivity contribution >= 4 is 28.5 Å². The number of nitrogens with zero attached hydrogens (tertiary/aromatic N) is 1. The fraction of sp³-hybridized carbons (Fsp3) is 0.333. The van der Waals surface area contributed by atoms with Crippen LogP contribution < -0.4 is 4.90 Å². The van der Waals surface area contributed by atoms with E-state index in [2.05, 4.69) is 0 Å². The number of amides is 1. The normalized spacial score (nSPS) is 16.8. The van der Waals surface area contributed by atoms with E-state index < -0.39 is 40.0 Å². The number of nitrogens with one attached hydrogen (secondary N) is 1. The molecule has 0 aromatic heterocycles. The fourth-order valence-corrected chi connectivity index (χ4v) is 2.56. The molecule has 1 amide bonds. The summed E-state index contributed by atoms with van der Waals surface area (Å²) in [5.74, 6) is -4.29. The maximum atomic E-state index is 13.3. The number of rotatable bonds is 2. The van der Waals surface area contributed by atoms with Crippen molar-refractivity contribution in [2.24, 2.45) is 0 Å². The van der Waals surface area contributed by atoms with E-state index in [-0.39, 0.29) is 5.75 Å². The molecule has 1 aliphatic heterocycles. The highest BCUT2D eigenvalue weighted by atomic mass is 32.2. The molecule has 9 heteroatoms. The lowest BCUT2D eigenvalue weighted by atomic mass is 10.0. The summed E-state index contributed by atoms with van der Waals surface area (Å²) in [4.78, 5) is 12.2. The summed E-state index contributed by atoms with van der Waals surface area (Å²) < 4.78 is 65.5. The summed E-state index contributed by atoms with van der Waals surface area (Å²) in [5, 5.41) is 7.10. The number of hydrogen-bond donors (Lipinski definition) is 1. The Kier molecular flexibility index (Phi) is 3.73. The molecule has 1 N–H and O–H groups in total. The Morgan fingerprint density at radius 1 is 1.24 bits per heavy atom. The van der Waals surface area contributed by atoms with Crippen molar-refractivity contribution in [1.29, 1.82) is 5.41 Å². The molecule has 0 saturated carbocycles. The highest BCUT2D eigenvalue weighted by molar-refractivity contribution is 8.15. The number of carbonyl (C=O) groups excluding carboxylic acids is 1. The van der Waals surface area contributed by atoms with E-state index in [1.165, 1.54) is 0 Å². The first-order chi connectivity index (χ1) is 9.51. The Bertz CT molecular complexity index is 593. The van der Waals surface area contributed by atoms with Crippen LogP contribution in [-0.4, -0.2) is 16.8 Å². The van der Waals surface area contributed by atoms with Gasteiger partial charge in [0.1, 0.15) is 0 Å². The Labute approximate surface area is 120 Å². The molecule has 1 heterocycles. The van der Waals surface area contributed by atoms with Crippen LogP contribution in [0.4, 0.5) is 27.6 Å². The maximum absolute atomic E-state index is 13.3. The van der Waals surface area contributed by atoms with E-state index in [0.717, 1.165) is 11.8 Å². The highest BCUT2D eigenvalue weighted by Gasteiger charge is 2.40. The first kappa shape index (κ1) is 15.7. The van der Waals surface area contributed by atoms with E-state index >= 15 is 0 Å². The fourth-order valence-electron chi connectivity index (χ4n) is 1.85. The zero-order valence-corrected chi connectivity index (χ0v) is 11.4. The van der Waals surface area contributed by atoms with Crippen molar-refractivity contribution in [3.8, 4) is 0 Å². The van der Waals surface area contributed by atoms with Gasteiger partial charge in [-0.05, 0) is 12.1 Å². The topological polar surface area (TPSA) is 44.2 Å². The third-order valence-corrected chi connectivity index (χ3v) is 3.68. The molecular formula is C12H9F5N2OS. The maximum Gasteiger partial charge on any atom is 0.418 e. The lowest BCUT2D eigenvalue weighted by molar-refractivity contribution is -0.137. The summed E-state index contributed by atoms with van der Waals surface area (Å²) in [5.41, 5.74) is -2.61. The number of carbonyl (C=O) groups is 1. The minimum Gasteiger partial charge on any atom is -0.278 e. The molecule has 1 aromatic carbocycles. The third kappa shape index (κ3) is 3.02. The second kappa shape index (κ2) is 4.97. The van der Waals surface area contributed by atoms with Crippen LogP contribution in [0, 0.1) is 5.41 Å². The Hall–Kier alpha value is -1.64. The Balaban J connectivity index is 2.65. The van der Waals surface area contributed by atoms with Crippen LogP contribution >= 0.6 is 11.8 Å². The van der Waals surface area contributed by atoms with Crippen molar-refractivity contribution in [2.75, 3.05) is 10.7 Å². The van der Waals surface area contributed by atoms with Gasteiger partial charge in [0.25, 0.3) is 5.92 Å². The molecule has 114 valence electrons. The highest BCUT2D eigenvalue weighted by Crippen LogP contribution is 2.41. The molecule has 0 radical (unpaired) electrons. The van der Waals surface area contributed by atoms with Gasteiger partial charge >= 0.3 is 6.18 Å². The largest absolute Gasteiger partial charge is 0.418 e.